The Morgan fingerprint density at radius 2 is 1.71 bits per heavy atom. The Hall–Kier alpha value is -2.24. The highest BCUT2D eigenvalue weighted by Gasteiger charge is 2.29. The number of halogens is 2. The van der Waals surface area contributed by atoms with Crippen molar-refractivity contribution in [3.05, 3.63) is 63.6 Å². The van der Waals surface area contributed by atoms with Crippen molar-refractivity contribution in [3.8, 4) is 5.75 Å². The smallest absolute Gasteiger partial charge is 0.261 e. The zero-order chi connectivity index (χ0) is 24.9. The molecule has 2 aromatic carbocycles. The highest BCUT2D eigenvalue weighted by atomic mass is 35.5. The molecule has 3 rings (SSSR count). The molecule has 0 saturated heterocycles. The average molecular weight is 505 g/mol. The van der Waals surface area contributed by atoms with Crippen LogP contribution in [0.4, 0.5) is 0 Å². The number of ether oxygens (including phenoxy) is 1. The fourth-order valence-corrected chi connectivity index (χ4v) is 4.41. The van der Waals surface area contributed by atoms with Crippen LogP contribution in [-0.4, -0.2) is 35.4 Å². The first kappa shape index (κ1) is 26.4. The quantitative estimate of drug-likeness (QED) is 0.469. The largest absolute Gasteiger partial charge is 0.484 e. The van der Waals surface area contributed by atoms with E-state index >= 15 is 0 Å². The summed E-state index contributed by atoms with van der Waals surface area (Å²) in [5, 5.41) is 3.94. The van der Waals surface area contributed by atoms with Crippen LogP contribution in [0.15, 0.2) is 42.5 Å². The average Bonchev–Trinajstić information content (AvgIpc) is 3.30. The fourth-order valence-electron chi connectivity index (χ4n) is 4.09. The van der Waals surface area contributed by atoms with E-state index in [2.05, 4.69) is 26.1 Å². The number of hydrogen-bond donors (Lipinski definition) is 1. The van der Waals surface area contributed by atoms with Crippen molar-refractivity contribution in [2.45, 2.75) is 77.4 Å². The molecule has 0 unspecified atom stereocenters. The van der Waals surface area contributed by atoms with Crippen LogP contribution < -0.4 is 10.1 Å². The van der Waals surface area contributed by atoms with Crippen LogP contribution >= 0.6 is 23.2 Å². The van der Waals surface area contributed by atoms with Gasteiger partial charge in [0.2, 0.25) is 5.91 Å². The van der Waals surface area contributed by atoms with E-state index in [1.807, 2.05) is 30.3 Å². The Kier molecular flexibility index (Phi) is 8.89. The maximum Gasteiger partial charge on any atom is 0.261 e. The van der Waals surface area contributed by atoms with Crippen molar-refractivity contribution in [2.75, 3.05) is 6.61 Å². The summed E-state index contributed by atoms with van der Waals surface area (Å²) in [5.74, 6) is 0.175. The molecule has 34 heavy (non-hydrogen) atoms. The van der Waals surface area contributed by atoms with Crippen LogP contribution in [0.1, 0.15) is 64.5 Å². The second kappa shape index (κ2) is 11.5. The molecule has 1 saturated carbocycles. The van der Waals surface area contributed by atoms with Crippen molar-refractivity contribution in [1.82, 2.24) is 10.2 Å². The number of amides is 2. The summed E-state index contributed by atoms with van der Waals surface area (Å²) in [5.41, 5.74) is 2.01. The zero-order valence-electron chi connectivity index (χ0n) is 20.4. The van der Waals surface area contributed by atoms with Gasteiger partial charge < -0.3 is 15.0 Å². The predicted molar refractivity (Wildman–Crippen MR) is 138 cm³/mol. The van der Waals surface area contributed by atoms with Gasteiger partial charge >= 0.3 is 0 Å². The van der Waals surface area contributed by atoms with Gasteiger partial charge in [0.15, 0.2) is 6.61 Å². The molecule has 0 aliphatic heterocycles. The van der Waals surface area contributed by atoms with Gasteiger partial charge in [0.25, 0.3) is 5.91 Å². The minimum Gasteiger partial charge on any atom is -0.484 e. The molecule has 1 aliphatic carbocycles. The standard InChI is InChI=1S/C27H34Cl2N2O3/c1-18(26(33)30-21-7-5-6-8-21)31(16-19-9-14-23(28)24(29)15-19)25(32)17-34-22-12-10-20(11-13-22)27(2,3)4/h9-15,18,21H,5-8,16-17H2,1-4H3,(H,30,33)/t18-/m0/s1. The van der Waals surface area contributed by atoms with E-state index in [-0.39, 0.29) is 36.4 Å². The highest BCUT2D eigenvalue weighted by molar-refractivity contribution is 6.42. The summed E-state index contributed by atoms with van der Waals surface area (Å²) in [6.45, 7) is 8.23. The lowest BCUT2D eigenvalue weighted by atomic mass is 9.87. The van der Waals surface area contributed by atoms with Crippen LogP contribution in [0.5, 0.6) is 5.75 Å². The molecule has 5 nitrogen and oxygen atoms in total. The summed E-state index contributed by atoms with van der Waals surface area (Å²) >= 11 is 12.2. The third-order valence-electron chi connectivity index (χ3n) is 6.29. The minimum atomic E-state index is -0.658. The van der Waals surface area contributed by atoms with E-state index in [1.165, 1.54) is 10.5 Å². The first-order valence-electron chi connectivity index (χ1n) is 11.8. The Balaban J connectivity index is 1.72. The van der Waals surface area contributed by atoms with E-state index in [0.29, 0.717) is 15.8 Å². The molecule has 2 aromatic rings. The predicted octanol–water partition coefficient (Wildman–Crippen LogP) is 6.15. The van der Waals surface area contributed by atoms with Crippen LogP contribution in [0.25, 0.3) is 0 Å². The van der Waals surface area contributed by atoms with Crippen molar-refractivity contribution in [1.29, 1.82) is 0 Å². The molecule has 7 heteroatoms. The molecule has 0 bridgehead atoms. The maximum absolute atomic E-state index is 13.2. The molecule has 0 radical (unpaired) electrons. The van der Waals surface area contributed by atoms with Gasteiger partial charge in [-0.15, -0.1) is 0 Å². The Morgan fingerprint density at radius 3 is 2.29 bits per heavy atom. The summed E-state index contributed by atoms with van der Waals surface area (Å²) in [7, 11) is 0. The topological polar surface area (TPSA) is 58.6 Å². The lowest BCUT2D eigenvalue weighted by Crippen LogP contribution is -2.50. The molecule has 1 fully saturated rings. The third-order valence-corrected chi connectivity index (χ3v) is 7.03. The van der Waals surface area contributed by atoms with Gasteiger partial charge in [0, 0.05) is 12.6 Å². The van der Waals surface area contributed by atoms with Crippen molar-refractivity contribution in [3.63, 3.8) is 0 Å². The van der Waals surface area contributed by atoms with Crippen molar-refractivity contribution < 1.29 is 14.3 Å². The van der Waals surface area contributed by atoms with Gasteiger partial charge in [-0.05, 0) is 60.6 Å². The van der Waals surface area contributed by atoms with E-state index in [4.69, 9.17) is 27.9 Å². The summed E-state index contributed by atoms with van der Waals surface area (Å²) < 4.78 is 5.79. The first-order valence-corrected chi connectivity index (χ1v) is 12.6. The van der Waals surface area contributed by atoms with E-state index < -0.39 is 6.04 Å². The fraction of sp³-hybridized carbons (Fsp3) is 0.481. The minimum absolute atomic E-state index is 0.0348. The number of nitrogens with zero attached hydrogens (tertiary/aromatic N) is 1. The molecular weight excluding hydrogens is 471 g/mol. The number of carbonyl (C=O) groups excluding carboxylic acids is 2. The second-order valence-corrected chi connectivity index (χ2v) is 10.8. The van der Waals surface area contributed by atoms with E-state index in [0.717, 1.165) is 31.2 Å². The normalized spacial score (nSPS) is 15.1. The molecule has 1 N–H and O–H groups in total. The number of nitrogens with one attached hydrogen (secondary N) is 1. The lowest BCUT2D eigenvalue weighted by molar-refractivity contribution is -0.142. The molecule has 184 valence electrons. The molecule has 0 spiro atoms. The Bertz CT molecular complexity index is 996. The van der Waals surface area contributed by atoms with Crippen molar-refractivity contribution in [2.24, 2.45) is 0 Å². The van der Waals surface area contributed by atoms with Gasteiger partial charge in [-0.2, -0.15) is 0 Å². The van der Waals surface area contributed by atoms with E-state index in [9.17, 15) is 9.59 Å². The van der Waals surface area contributed by atoms with Crippen LogP contribution in [0.3, 0.4) is 0 Å². The Morgan fingerprint density at radius 1 is 1.06 bits per heavy atom. The van der Waals surface area contributed by atoms with Gasteiger partial charge in [-0.25, -0.2) is 0 Å². The summed E-state index contributed by atoms with van der Waals surface area (Å²) in [4.78, 5) is 27.7. The van der Waals surface area contributed by atoms with Gasteiger partial charge in [0.1, 0.15) is 11.8 Å². The monoisotopic (exact) mass is 504 g/mol. The molecule has 0 aromatic heterocycles. The summed E-state index contributed by atoms with van der Waals surface area (Å²) in [6.07, 6.45) is 4.19. The second-order valence-electron chi connectivity index (χ2n) is 10.00. The van der Waals surface area contributed by atoms with Crippen LogP contribution in [-0.2, 0) is 21.5 Å². The van der Waals surface area contributed by atoms with Crippen LogP contribution in [0, 0.1) is 0 Å². The molecule has 1 atom stereocenters. The van der Waals surface area contributed by atoms with Gasteiger partial charge in [0.05, 0.1) is 10.0 Å². The third kappa shape index (κ3) is 7.13. The SMILES string of the molecule is C[C@@H](C(=O)NC1CCCC1)N(Cc1ccc(Cl)c(Cl)c1)C(=O)COc1ccc(C(C)(C)C)cc1. The number of rotatable bonds is 8. The number of benzene rings is 2. The molecule has 0 heterocycles. The maximum atomic E-state index is 13.2. The van der Waals surface area contributed by atoms with Gasteiger partial charge in [-0.3, -0.25) is 9.59 Å². The molecular formula is C27H34Cl2N2O3. The lowest BCUT2D eigenvalue weighted by Gasteiger charge is -2.29. The number of hydrogen-bond acceptors (Lipinski definition) is 3. The van der Waals surface area contributed by atoms with Gasteiger partial charge in [-0.1, -0.05) is 75.0 Å². The van der Waals surface area contributed by atoms with Crippen LogP contribution in [0.2, 0.25) is 10.0 Å². The van der Waals surface area contributed by atoms with Crippen molar-refractivity contribution >= 4 is 35.0 Å². The molecule has 1 aliphatic rings. The highest BCUT2D eigenvalue weighted by Crippen LogP contribution is 2.26. The first-order chi connectivity index (χ1) is 16.0. The molecule has 2 amide bonds. The number of carbonyl (C=O) groups is 2. The zero-order valence-corrected chi connectivity index (χ0v) is 21.9. The Labute approximate surface area is 212 Å². The van der Waals surface area contributed by atoms with E-state index in [1.54, 1.807) is 19.1 Å². The summed E-state index contributed by atoms with van der Waals surface area (Å²) in [6, 6.07) is 12.5.